The Morgan fingerprint density at radius 1 is 0.324 bits per heavy atom. The van der Waals surface area contributed by atoms with Gasteiger partial charge in [0.25, 0.3) is 0 Å². The smallest absolute Gasteiger partial charge is 0.137 e. The van der Waals surface area contributed by atoms with E-state index in [1.54, 1.807) is 67.3 Å². The lowest BCUT2D eigenvalue weighted by molar-refractivity contribution is 0.312. The minimum Gasteiger partial charge on any atom is -0.332 e. The molecule has 10 aromatic rings. The second-order valence-corrected chi connectivity index (χ2v) is 32.3. The maximum Gasteiger partial charge on any atom is 0.137 e. The van der Waals surface area contributed by atoms with Gasteiger partial charge in [-0.25, -0.2) is 14.6 Å². The van der Waals surface area contributed by atoms with Gasteiger partial charge in [-0.15, -0.1) is 10.2 Å². The van der Waals surface area contributed by atoms with Crippen LogP contribution in [0.5, 0.6) is 0 Å². The van der Waals surface area contributed by atoms with Crippen LogP contribution in [0.1, 0.15) is 347 Å². The Hall–Kier alpha value is -8.11. The Morgan fingerprint density at radius 3 is 0.926 bits per heavy atom. The molecule has 108 heavy (non-hydrogen) atoms. The van der Waals surface area contributed by atoms with Crippen LogP contribution in [0.15, 0.2) is 136 Å². The quantitative estimate of drug-likeness (QED) is 0.128. The van der Waals surface area contributed by atoms with E-state index in [4.69, 9.17) is 0 Å². The minimum atomic E-state index is 0.0174. The number of aromatic nitrogens is 23. The van der Waals surface area contributed by atoms with Crippen molar-refractivity contribution < 1.29 is 0 Å². The third-order valence-corrected chi connectivity index (χ3v) is 12.8. The zero-order valence-electron chi connectivity index (χ0n) is 78.6. The summed E-state index contributed by atoms with van der Waals surface area (Å²) in [5.41, 5.74) is 7.61. The van der Waals surface area contributed by atoms with Crippen molar-refractivity contribution in [3.63, 3.8) is 0 Å². The highest BCUT2D eigenvalue weighted by molar-refractivity contribution is 5.15. The van der Waals surface area contributed by atoms with Gasteiger partial charge in [0.05, 0.1) is 53.4 Å². The van der Waals surface area contributed by atoms with Crippen LogP contribution in [0.3, 0.4) is 0 Å². The Labute approximate surface area is 662 Å². The predicted molar refractivity (Wildman–Crippen MR) is 466 cm³/mol. The topological polar surface area (TPSA) is 249 Å². The number of aryl methyl sites for hydroxylation is 2. The normalized spacial score (nSPS) is 10.6. The SMILES string of the molecule is CC.CC.CC.CC.CC.CC.CC.CC.CC(C)(C)c1ccn[nH]1.CC(C)(C)c1ccn[nH]1.CC(C)(C)c1cn[nH]c1.CC(C)(C)n1cccn1.CC(C)(C)n1ccnc1.CC(C)(C)n1cncn1.CC(C)(C)n1cnnc1.CC(C)(C)n1nccn1.Cn1cc(C(C)(C)C)cn1.Cn1ccc(C(C)(C)C)n1. The Bertz CT molecular complexity index is 2730. The van der Waals surface area contributed by atoms with Crippen molar-refractivity contribution >= 4 is 0 Å². The van der Waals surface area contributed by atoms with E-state index in [1.807, 2.05) is 210 Å². The van der Waals surface area contributed by atoms with E-state index in [0.29, 0.717) is 0 Å². The second kappa shape index (κ2) is 59.8. The van der Waals surface area contributed by atoms with Crippen LogP contribution in [0.25, 0.3) is 0 Å². The van der Waals surface area contributed by atoms with Gasteiger partial charge in [-0.2, -0.15) is 50.7 Å². The van der Waals surface area contributed by atoms with E-state index in [-0.39, 0.29) is 54.8 Å². The number of imidazole rings is 1. The highest BCUT2D eigenvalue weighted by atomic mass is 15.5. The number of aromatic amines is 3. The van der Waals surface area contributed by atoms with E-state index in [0.717, 1.165) is 5.69 Å². The van der Waals surface area contributed by atoms with Crippen molar-refractivity contribution in [1.82, 2.24) is 114 Å². The van der Waals surface area contributed by atoms with Crippen molar-refractivity contribution in [2.75, 3.05) is 0 Å². The highest BCUT2D eigenvalue weighted by Crippen LogP contribution is 2.23. The van der Waals surface area contributed by atoms with Gasteiger partial charge < -0.3 is 9.13 Å². The maximum atomic E-state index is 4.30. The van der Waals surface area contributed by atoms with Crippen molar-refractivity contribution in [3.8, 4) is 0 Å². The van der Waals surface area contributed by atoms with Gasteiger partial charge in [0.2, 0.25) is 0 Å². The first-order valence-electron chi connectivity index (χ1n) is 39.4. The third-order valence-electron chi connectivity index (χ3n) is 12.8. The van der Waals surface area contributed by atoms with Crippen LogP contribution in [0, 0.1) is 0 Å². The summed E-state index contributed by atoms with van der Waals surface area (Å²) >= 11 is 0. The highest BCUT2D eigenvalue weighted by Gasteiger charge is 2.19. The summed E-state index contributed by atoms with van der Waals surface area (Å²) in [6.07, 6.45) is 32.8. The average Bonchev–Trinajstić information content (AvgIpc) is 1.73. The number of hydrogen-bond donors (Lipinski definition) is 3. The molecule has 23 nitrogen and oxygen atoms in total. The molecular formula is C85H169N23. The zero-order valence-corrected chi connectivity index (χ0v) is 78.6. The molecule has 23 heteroatoms. The largest absolute Gasteiger partial charge is 0.332 e. The van der Waals surface area contributed by atoms with Crippen LogP contribution >= 0.6 is 0 Å². The first-order valence-corrected chi connectivity index (χ1v) is 39.4. The van der Waals surface area contributed by atoms with E-state index in [9.17, 15) is 0 Å². The van der Waals surface area contributed by atoms with Gasteiger partial charge in [0.15, 0.2) is 0 Å². The summed E-state index contributed by atoms with van der Waals surface area (Å²) in [6, 6.07) is 7.99. The first kappa shape index (κ1) is 116. The van der Waals surface area contributed by atoms with E-state index in [2.05, 4.69) is 306 Å². The molecule has 10 aromatic heterocycles. The van der Waals surface area contributed by atoms with Crippen molar-refractivity contribution in [2.45, 2.75) is 373 Å². The average molecular weight is 1510 g/mol. The summed E-state index contributed by atoms with van der Waals surface area (Å²) in [6.45, 7) is 96.0. The van der Waals surface area contributed by atoms with E-state index < -0.39 is 0 Å². The van der Waals surface area contributed by atoms with Crippen LogP contribution in [0.2, 0.25) is 0 Å². The molecule has 0 amide bonds. The maximum absolute atomic E-state index is 4.30. The molecular weight excluding hydrogens is 1340 g/mol. The Balaban J connectivity index is -0.000000168. The Kier molecular flexibility index (Phi) is 64.0. The van der Waals surface area contributed by atoms with E-state index >= 15 is 0 Å². The summed E-state index contributed by atoms with van der Waals surface area (Å²) < 4.78 is 11.5. The van der Waals surface area contributed by atoms with Crippen LogP contribution in [-0.4, -0.2) is 114 Å². The molecule has 0 aromatic carbocycles. The monoisotopic (exact) mass is 1510 g/mol. The molecule has 624 valence electrons. The van der Waals surface area contributed by atoms with Gasteiger partial charge in [-0.1, -0.05) is 215 Å². The molecule has 0 saturated carbocycles. The van der Waals surface area contributed by atoms with Gasteiger partial charge in [-0.3, -0.25) is 29.3 Å². The van der Waals surface area contributed by atoms with Gasteiger partial charge >= 0.3 is 0 Å². The number of nitrogens with one attached hydrogen (secondary N) is 3. The molecule has 0 bridgehead atoms. The van der Waals surface area contributed by atoms with Crippen LogP contribution in [0.4, 0.5) is 0 Å². The molecule has 0 fully saturated rings. The van der Waals surface area contributed by atoms with E-state index in [1.165, 1.54) is 22.5 Å². The van der Waals surface area contributed by atoms with Crippen molar-refractivity contribution in [2.24, 2.45) is 14.1 Å². The molecule has 0 aliphatic rings. The summed E-state index contributed by atoms with van der Waals surface area (Å²) in [5, 5.41) is 52.1. The van der Waals surface area contributed by atoms with Crippen LogP contribution in [-0.2, 0) is 68.9 Å². The Morgan fingerprint density at radius 2 is 0.759 bits per heavy atom. The second-order valence-electron chi connectivity index (χ2n) is 32.3. The van der Waals surface area contributed by atoms with Gasteiger partial charge in [0.1, 0.15) is 25.3 Å². The third kappa shape index (κ3) is 58.0. The lowest BCUT2D eigenvalue weighted by Crippen LogP contribution is -2.24. The molecule has 3 N–H and O–H groups in total. The van der Waals surface area contributed by atoms with Gasteiger partial charge in [-0.05, 0) is 150 Å². The molecule has 0 aliphatic heterocycles. The molecule has 0 atom stereocenters. The zero-order chi connectivity index (χ0) is 86.8. The lowest BCUT2D eigenvalue weighted by Gasteiger charge is -2.19. The first-order chi connectivity index (χ1) is 49.8. The molecule has 0 aliphatic carbocycles. The number of H-pyrrole nitrogens is 3. The fourth-order valence-corrected chi connectivity index (χ4v) is 6.62. The molecule has 0 saturated heterocycles. The fraction of sp³-hybridized carbons (Fsp3) is 0.682. The molecule has 10 heterocycles. The van der Waals surface area contributed by atoms with Crippen LogP contribution < -0.4 is 0 Å². The minimum absolute atomic E-state index is 0.0174. The summed E-state index contributed by atoms with van der Waals surface area (Å²) in [4.78, 5) is 9.48. The molecule has 0 radical (unpaired) electrons. The number of rotatable bonds is 0. The summed E-state index contributed by atoms with van der Waals surface area (Å²) in [5.74, 6) is 0. The van der Waals surface area contributed by atoms with Gasteiger partial charge in [0, 0.05) is 109 Å². The lowest BCUT2D eigenvalue weighted by atomic mass is 9.90. The molecule has 10 rings (SSSR count). The molecule has 0 spiro atoms. The summed E-state index contributed by atoms with van der Waals surface area (Å²) in [7, 11) is 3.88. The predicted octanol–water partition coefficient (Wildman–Crippen LogP) is 23.1. The number of hydrogen-bond acceptors (Lipinski definition) is 13. The number of nitrogens with zero attached hydrogens (tertiary/aromatic N) is 20. The van der Waals surface area contributed by atoms with Crippen molar-refractivity contribution in [3.05, 3.63) is 165 Å². The van der Waals surface area contributed by atoms with Crippen molar-refractivity contribution in [1.29, 1.82) is 0 Å². The standard InChI is InChI=1S/2C8H14N2.5C7H12N2.3C6H11N3.8C2H6/c1-8(2,3)7-5-9-10(4)6-7;1-8(2,3)7-5-6-10(4)9-7;1-7(2,3)6-4-8-9-5-6;1-7(2,3)9-5-4-8-6-9;1-7(2,3)9-6-4-5-8-9;2*1-7(2,3)6-4-5-8-9-6;1-6(2,3)9-4-7-8-5-9;1-6(2,3)9-5-7-4-8-9;1-6(2,3)9-7-4-5-8-9;8*1-2/h2*5-6H,1-4H3;4-5H,1-3H3,(H,8,9);2*4-6H,1-3H3;2*4-5H,1-3H3,(H,8,9);3*4-5H,1-3H3;8*1-2H3. The fourth-order valence-electron chi connectivity index (χ4n) is 6.62. The molecule has 0 unspecified atom stereocenters.